The molecule has 0 aliphatic heterocycles. The van der Waals surface area contributed by atoms with Gasteiger partial charge in [-0.05, 0) is 18.6 Å². The van der Waals surface area contributed by atoms with E-state index in [-0.39, 0.29) is 5.97 Å². The average Bonchev–Trinajstić information content (AvgIpc) is 2.70. The number of thiophene rings is 1. The largest absolute Gasteiger partial charge is 0.465 e. The van der Waals surface area contributed by atoms with E-state index >= 15 is 0 Å². The van der Waals surface area contributed by atoms with Crippen molar-refractivity contribution in [1.82, 2.24) is 0 Å². The lowest BCUT2D eigenvalue weighted by Crippen LogP contribution is -1.99. The second-order valence-electron chi connectivity index (χ2n) is 3.20. The summed E-state index contributed by atoms with van der Waals surface area (Å²) in [5, 5.41) is 0. The van der Waals surface area contributed by atoms with Crippen LogP contribution in [0.25, 0.3) is 0 Å². The Kier molecular flexibility index (Phi) is 2.09. The minimum atomic E-state index is -0.259. The van der Waals surface area contributed by atoms with Crippen molar-refractivity contribution in [3.05, 3.63) is 21.9 Å². The van der Waals surface area contributed by atoms with Crippen molar-refractivity contribution in [2.75, 3.05) is 7.11 Å². The van der Waals surface area contributed by atoms with Crippen LogP contribution in [0.3, 0.4) is 0 Å². The summed E-state index contributed by atoms with van der Waals surface area (Å²) in [7, 11) is 1.39. The van der Waals surface area contributed by atoms with Crippen molar-refractivity contribution in [1.29, 1.82) is 0 Å². The molecule has 3 nitrogen and oxygen atoms in total. The van der Waals surface area contributed by atoms with Crippen LogP contribution in [0.2, 0.25) is 0 Å². The van der Waals surface area contributed by atoms with Gasteiger partial charge in [-0.1, -0.05) is 0 Å². The minimum absolute atomic E-state index is 0.259. The molecule has 0 radical (unpaired) electrons. The van der Waals surface area contributed by atoms with Gasteiger partial charge in [0.25, 0.3) is 0 Å². The summed E-state index contributed by atoms with van der Waals surface area (Å²) in [5.41, 5.74) is 5.71. The topological polar surface area (TPSA) is 52.3 Å². The fourth-order valence-electron chi connectivity index (χ4n) is 1.30. The van der Waals surface area contributed by atoms with Gasteiger partial charge in [-0.25, -0.2) is 4.79 Å². The third-order valence-electron chi connectivity index (χ3n) is 2.22. The number of ether oxygens (including phenoxy) is 1. The number of carbonyl (C=O) groups is 1. The van der Waals surface area contributed by atoms with Gasteiger partial charge >= 0.3 is 5.97 Å². The zero-order chi connectivity index (χ0) is 9.42. The summed E-state index contributed by atoms with van der Waals surface area (Å²) in [5.74, 6) is 0.217. The number of methoxy groups -OCH3 is 1. The molecule has 1 aliphatic carbocycles. The smallest absolute Gasteiger partial charge is 0.348 e. The lowest BCUT2D eigenvalue weighted by Gasteiger charge is -1.92. The molecule has 13 heavy (non-hydrogen) atoms. The highest BCUT2D eigenvalue weighted by molar-refractivity contribution is 7.14. The first-order chi connectivity index (χ1) is 6.22. The van der Waals surface area contributed by atoms with E-state index in [1.165, 1.54) is 23.3 Å². The molecule has 0 bridgehead atoms. The van der Waals surface area contributed by atoms with Crippen molar-refractivity contribution in [3.8, 4) is 0 Å². The van der Waals surface area contributed by atoms with Gasteiger partial charge in [-0.2, -0.15) is 0 Å². The highest BCUT2D eigenvalue weighted by atomic mass is 32.1. The number of hydrogen-bond acceptors (Lipinski definition) is 4. The third-order valence-corrected chi connectivity index (χ3v) is 3.42. The quantitative estimate of drug-likeness (QED) is 0.728. The molecule has 70 valence electrons. The van der Waals surface area contributed by atoms with Crippen LogP contribution in [-0.4, -0.2) is 19.1 Å². The predicted octanol–water partition coefficient (Wildman–Crippen LogP) is 1.35. The fraction of sp³-hybridized carbons (Fsp3) is 0.444. The van der Waals surface area contributed by atoms with Crippen molar-refractivity contribution >= 4 is 17.3 Å². The van der Waals surface area contributed by atoms with Crippen LogP contribution in [0.1, 0.15) is 26.9 Å². The maximum atomic E-state index is 11.1. The molecule has 0 unspecified atom stereocenters. The average molecular weight is 197 g/mol. The van der Waals surface area contributed by atoms with E-state index in [9.17, 15) is 4.79 Å². The van der Waals surface area contributed by atoms with E-state index in [1.54, 1.807) is 6.07 Å². The van der Waals surface area contributed by atoms with Crippen LogP contribution in [0.4, 0.5) is 0 Å². The minimum Gasteiger partial charge on any atom is -0.465 e. The molecule has 0 saturated heterocycles. The first-order valence-electron chi connectivity index (χ1n) is 4.16. The molecule has 1 aromatic rings. The van der Waals surface area contributed by atoms with Crippen LogP contribution in [-0.2, 0) is 4.74 Å². The molecule has 1 aliphatic rings. The lowest BCUT2D eigenvalue weighted by atomic mass is 10.3. The van der Waals surface area contributed by atoms with Gasteiger partial charge in [-0.3, -0.25) is 0 Å². The number of rotatable bonds is 2. The summed E-state index contributed by atoms with van der Waals surface area (Å²) in [4.78, 5) is 13.0. The molecule has 1 aromatic heterocycles. The molecule has 2 N–H and O–H groups in total. The Morgan fingerprint density at radius 3 is 2.92 bits per heavy atom. The Balaban J connectivity index is 2.14. The van der Waals surface area contributed by atoms with Gasteiger partial charge in [0.1, 0.15) is 4.88 Å². The van der Waals surface area contributed by atoms with Crippen molar-refractivity contribution in [2.45, 2.75) is 18.4 Å². The lowest BCUT2D eigenvalue weighted by molar-refractivity contribution is 0.0606. The van der Waals surface area contributed by atoms with Crippen molar-refractivity contribution < 1.29 is 9.53 Å². The van der Waals surface area contributed by atoms with Gasteiger partial charge in [0.2, 0.25) is 0 Å². The Labute approximate surface area is 80.5 Å². The van der Waals surface area contributed by atoms with E-state index in [1.807, 2.05) is 6.07 Å². The maximum absolute atomic E-state index is 11.1. The van der Waals surface area contributed by atoms with Crippen molar-refractivity contribution in [2.24, 2.45) is 5.73 Å². The molecule has 1 saturated carbocycles. The number of hydrogen-bond donors (Lipinski definition) is 1. The van der Waals surface area contributed by atoms with Gasteiger partial charge in [0.15, 0.2) is 0 Å². The first-order valence-corrected chi connectivity index (χ1v) is 4.97. The van der Waals surface area contributed by atoms with Gasteiger partial charge in [0.05, 0.1) is 7.11 Å². The highest BCUT2D eigenvalue weighted by Gasteiger charge is 2.36. The van der Waals surface area contributed by atoms with Crippen LogP contribution in [0.5, 0.6) is 0 Å². The van der Waals surface area contributed by atoms with E-state index in [2.05, 4.69) is 4.74 Å². The molecule has 0 amide bonds. The first kappa shape index (κ1) is 8.72. The zero-order valence-corrected chi connectivity index (χ0v) is 8.14. The van der Waals surface area contributed by atoms with Crippen LogP contribution >= 0.6 is 11.3 Å². The van der Waals surface area contributed by atoms with Gasteiger partial charge < -0.3 is 10.5 Å². The SMILES string of the molecule is COC(=O)c1ccc([C@@H]2C[C@H]2N)s1. The van der Waals surface area contributed by atoms with Crippen LogP contribution in [0, 0.1) is 0 Å². The summed E-state index contributed by atoms with van der Waals surface area (Å²) in [6.45, 7) is 0. The molecule has 1 heterocycles. The second-order valence-corrected chi connectivity index (χ2v) is 4.32. The van der Waals surface area contributed by atoms with Gasteiger partial charge in [0, 0.05) is 16.8 Å². The zero-order valence-electron chi connectivity index (χ0n) is 7.32. The standard InChI is InChI=1S/C9H11NO2S/c1-12-9(11)8-3-2-7(13-8)5-4-6(5)10/h2-3,5-6H,4,10H2,1H3/t5-,6-/m1/s1. The summed E-state index contributed by atoms with van der Waals surface area (Å²) in [6, 6.07) is 4.06. The predicted molar refractivity (Wildman–Crippen MR) is 51.0 cm³/mol. The maximum Gasteiger partial charge on any atom is 0.348 e. The summed E-state index contributed by atoms with van der Waals surface area (Å²) in [6.07, 6.45) is 1.04. The Bertz CT molecular complexity index is 334. The molecule has 0 spiro atoms. The fourth-order valence-corrected chi connectivity index (χ4v) is 2.42. The normalized spacial score (nSPS) is 25.7. The Morgan fingerprint density at radius 2 is 2.38 bits per heavy atom. The number of nitrogens with two attached hydrogens (primary N) is 1. The molecule has 0 aromatic carbocycles. The summed E-state index contributed by atoms with van der Waals surface area (Å²) < 4.78 is 4.62. The van der Waals surface area contributed by atoms with E-state index in [0.29, 0.717) is 16.8 Å². The van der Waals surface area contributed by atoms with Crippen molar-refractivity contribution in [3.63, 3.8) is 0 Å². The highest BCUT2D eigenvalue weighted by Crippen LogP contribution is 2.42. The van der Waals surface area contributed by atoms with Crippen LogP contribution in [0.15, 0.2) is 12.1 Å². The van der Waals surface area contributed by atoms with Crippen LogP contribution < -0.4 is 5.73 Å². The molecule has 2 atom stereocenters. The molecule has 2 rings (SSSR count). The molecular weight excluding hydrogens is 186 g/mol. The Hall–Kier alpha value is -0.870. The monoisotopic (exact) mass is 197 g/mol. The number of carbonyl (C=O) groups excluding carboxylic acids is 1. The van der Waals surface area contributed by atoms with E-state index < -0.39 is 0 Å². The van der Waals surface area contributed by atoms with E-state index in [4.69, 9.17) is 5.73 Å². The number of esters is 1. The van der Waals surface area contributed by atoms with E-state index in [0.717, 1.165) is 6.42 Å². The molecule has 4 heteroatoms. The summed E-state index contributed by atoms with van der Waals surface area (Å²) >= 11 is 1.49. The molecular formula is C9H11NO2S. The molecule has 1 fully saturated rings. The Morgan fingerprint density at radius 1 is 1.69 bits per heavy atom. The third kappa shape index (κ3) is 1.59. The second kappa shape index (κ2) is 3.12. The van der Waals surface area contributed by atoms with Gasteiger partial charge in [-0.15, -0.1) is 11.3 Å².